The Morgan fingerprint density at radius 1 is 1.47 bits per heavy atom. The van der Waals surface area contributed by atoms with Crippen molar-refractivity contribution in [2.24, 2.45) is 11.7 Å². The van der Waals surface area contributed by atoms with E-state index in [0.717, 1.165) is 3.57 Å². The van der Waals surface area contributed by atoms with Gasteiger partial charge in [-0.25, -0.2) is 0 Å². The topological polar surface area (TPSA) is 55.1 Å². The molecule has 2 atom stereocenters. The number of halogens is 2. The molecule has 0 aromatic heterocycles. The van der Waals surface area contributed by atoms with Crippen LogP contribution in [-0.2, 0) is 4.79 Å². The van der Waals surface area contributed by atoms with Gasteiger partial charge in [0, 0.05) is 9.61 Å². The van der Waals surface area contributed by atoms with Gasteiger partial charge < -0.3 is 11.1 Å². The minimum absolute atomic E-state index is 0.0158. The monoisotopic (exact) mass is 362 g/mol. The van der Waals surface area contributed by atoms with Crippen LogP contribution < -0.4 is 11.1 Å². The molecule has 90 valence electrons. The predicted molar refractivity (Wildman–Crippen MR) is 78.0 cm³/mol. The smallest absolute Gasteiger partial charge is 0.231 e. The lowest BCUT2D eigenvalue weighted by atomic mass is 10.1. The van der Waals surface area contributed by atoms with Gasteiger partial charge >= 0.3 is 0 Å². The van der Waals surface area contributed by atoms with Gasteiger partial charge in [0.1, 0.15) is 0 Å². The zero-order valence-corrected chi connectivity index (χ0v) is 11.9. The van der Waals surface area contributed by atoms with E-state index in [1.54, 1.807) is 6.07 Å². The fourth-order valence-corrected chi connectivity index (χ4v) is 2.64. The lowest BCUT2D eigenvalue weighted by Crippen LogP contribution is -2.24. The summed E-state index contributed by atoms with van der Waals surface area (Å²) in [5.74, 6) is -0.211. The summed E-state index contributed by atoms with van der Waals surface area (Å²) in [6.07, 6.45) is 4.37. The summed E-state index contributed by atoms with van der Waals surface area (Å²) >= 11 is 8.22. The summed E-state index contributed by atoms with van der Waals surface area (Å²) < 4.78 is 1.04. The van der Waals surface area contributed by atoms with E-state index in [9.17, 15) is 4.79 Å². The number of carbonyl (C=O) groups excluding carboxylic acids is 1. The molecule has 5 heteroatoms. The highest BCUT2D eigenvalue weighted by Gasteiger charge is 2.23. The Bertz CT molecular complexity index is 476. The fraction of sp³-hybridized carbons (Fsp3) is 0.250. The second-order valence-electron chi connectivity index (χ2n) is 4.00. The number of rotatable bonds is 2. The molecule has 1 aromatic rings. The van der Waals surface area contributed by atoms with Crippen LogP contribution >= 0.6 is 34.2 Å². The second kappa shape index (κ2) is 5.37. The maximum absolute atomic E-state index is 11.9. The lowest BCUT2D eigenvalue weighted by molar-refractivity contribution is -0.118. The lowest BCUT2D eigenvalue weighted by Gasteiger charge is -2.11. The van der Waals surface area contributed by atoms with Gasteiger partial charge in [0.2, 0.25) is 5.91 Å². The van der Waals surface area contributed by atoms with Crippen LogP contribution in [0.15, 0.2) is 30.4 Å². The number of hydrogen-bond acceptors (Lipinski definition) is 2. The fourth-order valence-electron chi connectivity index (χ4n) is 1.74. The van der Waals surface area contributed by atoms with Crippen LogP contribution in [-0.4, -0.2) is 11.9 Å². The van der Waals surface area contributed by atoms with E-state index in [2.05, 4.69) is 27.9 Å². The highest BCUT2D eigenvalue weighted by Crippen LogP contribution is 2.25. The van der Waals surface area contributed by atoms with Crippen molar-refractivity contribution in [3.05, 3.63) is 38.9 Å². The Labute approximate surface area is 119 Å². The van der Waals surface area contributed by atoms with Crippen molar-refractivity contribution in [3.8, 4) is 0 Å². The number of benzene rings is 1. The van der Waals surface area contributed by atoms with Crippen molar-refractivity contribution in [2.75, 3.05) is 5.32 Å². The first kappa shape index (κ1) is 12.9. The van der Waals surface area contributed by atoms with Gasteiger partial charge in [-0.3, -0.25) is 4.79 Å². The first-order valence-electron chi connectivity index (χ1n) is 5.26. The molecule has 2 rings (SSSR count). The average Bonchev–Trinajstić information content (AvgIpc) is 2.69. The van der Waals surface area contributed by atoms with Gasteiger partial charge in [-0.05, 0) is 47.2 Å². The molecule has 0 saturated carbocycles. The zero-order valence-electron chi connectivity index (χ0n) is 8.99. The largest absolute Gasteiger partial charge is 0.324 e. The van der Waals surface area contributed by atoms with Crippen LogP contribution in [0.4, 0.5) is 5.69 Å². The van der Waals surface area contributed by atoms with Gasteiger partial charge in [0.25, 0.3) is 0 Å². The van der Waals surface area contributed by atoms with Gasteiger partial charge in [-0.1, -0.05) is 23.8 Å². The first-order chi connectivity index (χ1) is 8.06. The Morgan fingerprint density at radius 2 is 2.24 bits per heavy atom. The normalized spacial score (nSPS) is 22.8. The molecule has 1 aromatic carbocycles. The second-order valence-corrected chi connectivity index (χ2v) is 5.66. The van der Waals surface area contributed by atoms with Gasteiger partial charge in [0.15, 0.2) is 0 Å². The predicted octanol–water partition coefficient (Wildman–Crippen LogP) is 2.79. The Kier molecular flexibility index (Phi) is 4.06. The minimum Gasteiger partial charge on any atom is -0.324 e. The van der Waals surface area contributed by atoms with Gasteiger partial charge in [-0.2, -0.15) is 0 Å². The summed E-state index contributed by atoms with van der Waals surface area (Å²) in [5, 5.41) is 3.37. The van der Waals surface area contributed by atoms with Crippen molar-refractivity contribution in [1.29, 1.82) is 0 Å². The molecule has 0 saturated heterocycles. The molecule has 0 spiro atoms. The van der Waals surface area contributed by atoms with E-state index < -0.39 is 0 Å². The van der Waals surface area contributed by atoms with Gasteiger partial charge in [0.05, 0.1) is 16.6 Å². The third-order valence-electron chi connectivity index (χ3n) is 2.64. The molecule has 0 radical (unpaired) electrons. The highest BCUT2D eigenvalue weighted by molar-refractivity contribution is 14.1. The summed E-state index contributed by atoms with van der Waals surface area (Å²) in [6.45, 7) is 0. The Hall–Kier alpha value is -0.590. The summed E-state index contributed by atoms with van der Waals surface area (Å²) in [5.41, 5.74) is 6.36. The third-order valence-corrected chi connectivity index (χ3v) is 3.63. The quantitative estimate of drug-likeness (QED) is 0.628. The van der Waals surface area contributed by atoms with Gasteiger partial charge in [-0.15, -0.1) is 0 Å². The van der Waals surface area contributed by atoms with Crippen LogP contribution in [0.3, 0.4) is 0 Å². The highest BCUT2D eigenvalue weighted by atomic mass is 127. The van der Waals surface area contributed by atoms with Crippen molar-refractivity contribution >= 4 is 45.8 Å². The van der Waals surface area contributed by atoms with E-state index in [4.69, 9.17) is 17.3 Å². The average molecular weight is 363 g/mol. The molecule has 0 bridgehead atoms. The SMILES string of the molecule is NC1C=CC(C(=O)Nc2ccc(I)cc2Cl)C1. The van der Waals surface area contributed by atoms with Crippen molar-refractivity contribution < 1.29 is 4.79 Å². The van der Waals surface area contributed by atoms with E-state index in [1.807, 2.05) is 24.3 Å². The van der Waals surface area contributed by atoms with Crippen molar-refractivity contribution in [3.63, 3.8) is 0 Å². The number of amides is 1. The molecule has 1 aliphatic rings. The molecule has 0 aliphatic heterocycles. The summed E-state index contributed by atoms with van der Waals surface area (Å²) in [7, 11) is 0. The van der Waals surface area contributed by atoms with Crippen LogP contribution in [0, 0.1) is 9.49 Å². The summed E-state index contributed by atoms with van der Waals surface area (Å²) in [6, 6.07) is 5.50. The number of nitrogens with two attached hydrogens (primary N) is 1. The first-order valence-corrected chi connectivity index (χ1v) is 6.72. The molecule has 2 unspecified atom stereocenters. The molecule has 3 nitrogen and oxygen atoms in total. The van der Waals surface area contributed by atoms with Crippen molar-refractivity contribution in [1.82, 2.24) is 0 Å². The number of anilines is 1. The van der Waals surface area contributed by atoms with E-state index >= 15 is 0 Å². The van der Waals surface area contributed by atoms with Crippen LogP contribution in [0.5, 0.6) is 0 Å². The maximum atomic E-state index is 11.9. The maximum Gasteiger partial charge on any atom is 0.231 e. The third kappa shape index (κ3) is 3.20. The zero-order chi connectivity index (χ0) is 12.4. The number of carbonyl (C=O) groups is 1. The summed E-state index contributed by atoms with van der Waals surface area (Å²) in [4.78, 5) is 11.9. The van der Waals surface area contributed by atoms with E-state index in [-0.39, 0.29) is 17.9 Å². The molecule has 3 N–H and O–H groups in total. The molecular formula is C12H12ClIN2O. The van der Waals surface area contributed by atoms with Crippen LogP contribution in [0.1, 0.15) is 6.42 Å². The molecular weight excluding hydrogens is 351 g/mol. The molecule has 1 amide bonds. The Morgan fingerprint density at radius 3 is 2.82 bits per heavy atom. The standard InChI is InChI=1S/C12H12ClIN2O/c13-10-6-8(14)2-4-11(10)16-12(17)7-1-3-9(15)5-7/h1-4,6-7,9H,5,15H2,(H,16,17). The van der Waals surface area contributed by atoms with E-state index in [1.165, 1.54) is 0 Å². The minimum atomic E-state index is -0.152. The van der Waals surface area contributed by atoms with Crippen LogP contribution in [0.25, 0.3) is 0 Å². The van der Waals surface area contributed by atoms with Crippen LogP contribution in [0.2, 0.25) is 5.02 Å². The van der Waals surface area contributed by atoms with Crippen molar-refractivity contribution in [2.45, 2.75) is 12.5 Å². The molecule has 17 heavy (non-hydrogen) atoms. The Balaban J connectivity index is 2.06. The number of hydrogen-bond donors (Lipinski definition) is 2. The molecule has 0 heterocycles. The van der Waals surface area contributed by atoms with E-state index in [0.29, 0.717) is 17.1 Å². The molecule has 1 aliphatic carbocycles. The molecule has 0 fully saturated rings. The number of nitrogens with one attached hydrogen (secondary N) is 1.